The number of carbonyl (C=O) groups is 1. The minimum absolute atomic E-state index is 0.180. The lowest BCUT2D eigenvalue weighted by molar-refractivity contribution is 0.0785. The fourth-order valence-electron chi connectivity index (χ4n) is 2.00. The molecule has 6 heteroatoms. The molecule has 0 aromatic heterocycles. The van der Waals surface area contributed by atoms with Gasteiger partial charge in [0.25, 0.3) is 5.91 Å². The van der Waals surface area contributed by atoms with Crippen molar-refractivity contribution in [2.24, 2.45) is 0 Å². The fourth-order valence-corrected chi connectivity index (χ4v) is 2.82. The van der Waals surface area contributed by atoms with Crippen molar-refractivity contribution in [1.82, 2.24) is 4.90 Å². The normalized spacial score (nSPS) is 10.5. The van der Waals surface area contributed by atoms with Gasteiger partial charge in [-0.2, -0.15) is 0 Å². The highest BCUT2D eigenvalue weighted by atomic mass is 35.5. The molecular formula is C15H13Cl3N2O. The third-order valence-corrected chi connectivity index (χ3v) is 3.51. The van der Waals surface area contributed by atoms with Crippen molar-refractivity contribution in [1.29, 1.82) is 0 Å². The molecule has 0 saturated carbocycles. The maximum Gasteiger partial charge on any atom is 0.254 e. The zero-order valence-corrected chi connectivity index (χ0v) is 13.5. The predicted molar refractivity (Wildman–Crippen MR) is 88.1 cm³/mol. The Morgan fingerprint density at radius 2 is 1.57 bits per heavy atom. The fraction of sp³-hybridized carbons (Fsp3) is 0.133. The van der Waals surface area contributed by atoms with Crippen LogP contribution in [-0.4, -0.2) is 17.9 Å². The average Bonchev–Trinajstić information content (AvgIpc) is 2.35. The molecular weight excluding hydrogens is 331 g/mol. The van der Waals surface area contributed by atoms with E-state index in [-0.39, 0.29) is 5.91 Å². The summed E-state index contributed by atoms with van der Waals surface area (Å²) in [6.45, 7) is 0.380. The van der Waals surface area contributed by atoms with Crippen LogP contribution in [0.5, 0.6) is 0 Å². The third kappa shape index (κ3) is 4.27. The van der Waals surface area contributed by atoms with Crippen LogP contribution in [-0.2, 0) is 6.54 Å². The molecule has 0 heterocycles. The first kappa shape index (κ1) is 16.0. The molecule has 3 nitrogen and oxygen atoms in total. The first-order valence-electron chi connectivity index (χ1n) is 6.11. The van der Waals surface area contributed by atoms with Crippen LogP contribution in [0.25, 0.3) is 0 Å². The zero-order valence-electron chi connectivity index (χ0n) is 11.2. The smallest absolute Gasteiger partial charge is 0.254 e. The first-order chi connectivity index (χ1) is 9.85. The molecule has 2 N–H and O–H groups in total. The van der Waals surface area contributed by atoms with E-state index >= 15 is 0 Å². The number of carbonyl (C=O) groups excluding carboxylic acids is 1. The molecule has 0 aliphatic heterocycles. The monoisotopic (exact) mass is 342 g/mol. The molecule has 0 bridgehead atoms. The highest BCUT2D eigenvalue weighted by Crippen LogP contribution is 2.21. The SMILES string of the molecule is CN(Cc1cc(Cl)cc(Cl)c1)C(=O)c1cc(N)cc(Cl)c1. The first-order valence-corrected chi connectivity index (χ1v) is 7.25. The van der Waals surface area contributed by atoms with E-state index < -0.39 is 0 Å². The van der Waals surface area contributed by atoms with Gasteiger partial charge in [-0.3, -0.25) is 4.79 Å². The van der Waals surface area contributed by atoms with Gasteiger partial charge in [0.1, 0.15) is 0 Å². The van der Waals surface area contributed by atoms with Gasteiger partial charge in [-0.15, -0.1) is 0 Å². The highest BCUT2D eigenvalue weighted by molar-refractivity contribution is 6.34. The molecule has 0 unspecified atom stereocenters. The van der Waals surface area contributed by atoms with Crippen LogP contribution in [0.1, 0.15) is 15.9 Å². The largest absolute Gasteiger partial charge is 0.399 e. The van der Waals surface area contributed by atoms with Crippen molar-refractivity contribution < 1.29 is 4.79 Å². The summed E-state index contributed by atoms with van der Waals surface area (Å²) in [6.07, 6.45) is 0. The van der Waals surface area contributed by atoms with Gasteiger partial charge < -0.3 is 10.6 Å². The molecule has 0 spiro atoms. The maximum atomic E-state index is 12.4. The van der Waals surface area contributed by atoms with Crippen LogP contribution in [0.4, 0.5) is 5.69 Å². The molecule has 0 aliphatic rings. The number of nitrogens with zero attached hydrogens (tertiary/aromatic N) is 1. The second-order valence-corrected chi connectivity index (χ2v) is 6.02. The van der Waals surface area contributed by atoms with Crippen molar-refractivity contribution >= 4 is 46.4 Å². The Morgan fingerprint density at radius 1 is 1.00 bits per heavy atom. The van der Waals surface area contributed by atoms with Crippen LogP contribution in [0.2, 0.25) is 15.1 Å². The quantitative estimate of drug-likeness (QED) is 0.834. The number of halogens is 3. The van der Waals surface area contributed by atoms with E-state index in [2.05, 4.69) is 0 Å². The molecule has 0 fully saturated rings. The van der Waals surface area contributed by atoms with E-state index in [1.54, 1.807) is 48.3 Å². The molecule has 0 atom stereocenters. The second-order valence-electron chi connectivity index (χ2n) is 4.71. The van der Waals surface area contributed by atoms with E-state index in [4.69, 9.17) is 40.5 Å². The molecule has 0 radical (unpaired) electrons. The van der Waals surface area contributed by atoms with E-state index in [0.717, 1.165) is 5.56 Å². The Labute approximate surface area is 138 Å². The maximum absolute atomic E-state index is 12.4. The van der Waals surface area contributed by atoms with Crippen molar-refractivity contribution in [2.75, 3.05) is 12.8 Å². The molecule has 2 rings (SSSR count). The number of anilines is 1. The van der Waals surface area contributed by atoms with Gasteiger partial charge in [0.15, 0.2) is 0 Å². The van der Waals surface area contributed by atoms with Gasteiger partial charge >= 0.3 is 0 Å². The van der Waals surface area contributed by atoms with Crippen molar-refractivity contribution in [3.8, 4) is 0 Å². The van der Waals surface area contributed by atoms with E-state index in [1.807, 2.05) is 0 Å². The third-order valence-electron chi connectivity index (χ3n) is 2.86. The van der Waals surface area contributed by atoms with Crippen LogP contribution < -0.4 is 5.73 Å². The number of hydrogen-bond donors (Lipinski definition) is 1. The topological polar surface area (TPSA) is 46.3 Å². The minimum Gasteiger partial charge on any atom is -0.399 e. The second kappa shape index (κ2) is 6.56. The molecule has 1 amide bonds. The van der Waals surface area contributed by atoms with Gasteiger partial charge in [-0.25, -0.2) is 0 Å². The summed E-state index contributed by atoms with van der Waals surface area (Å²) >= 11 is 17.8. The van der Waals surface area contributed by atoms with E-state index in [1.165, 1.54) is 0 Å². The Kier molecular flexibility index (Phi) is 4.99. The summed E-state index contributed by atoms with van der Waals surface area (Å²) in [5, 5.41) is 1.49. The van der Waals surface area contributed by atoms with Crippen LogP contribution in [0, 0.1) is 0 Å². The van der Waals surface area contributed by atoms with Gasteiger partial charge in [0.05, 0.1) is 0 Å². The molecule has 110 valence electrons. The molecule has 2 aromatic rings. The van der Waals surface area contributed by atoms with Crippen LogP contribution >= 0.6 is 34.8 Å². The highest BCUT2D eigenvalue weighted by Gasteiger charge is 2.14. The summed E-state index contributed by atoms with van der Waals surface area (Å²) < 4.78 is 0. The Hall–Kier alpha value is -1.42. The number of hydrogen-bond acceptors (Lipinski definition) is 2. The number of rotatable bonds is 3. The lowest BCUT2D eigenvalue weighted by Gasteiger charge is -2.18. The van der Waals surface area contributed by atoms with Gasteiger partial charge in [0, 0.05) is 39.9 Å². The van der Waals surface area contributed by atoms with Crippen LogP contribution in [0.15, 0.2) is 36.4 Å². The Morgan fingerprint density at radius 3 is 2.14 bits per heavy atom. The summed E-state index contributed by atoms with van der Waals surface area (Å²) in [5.74, 6) is -0.180. The Bertz CT molecular complexity index is 648. The lowest BCUT2D eigenvalue weighted by Crippen LogP contribution is -2.26. The van der Waals surface area contributed by atoms with Gasteiger partial charge in [0.2, 0.25) is 0 Å². The summed E-state index contributed by atoms with van der Waals surface area (Å²) in [6, 6.07) is 9.95. The van der Waals surface area contributed by atoms with Crippen molar-refractivity contribution in [3.05, 3.63) is 62.6 Å². The summed E-state index contributed by atoms with van der Waals surface area (Å²) in [7, 11) is 1.69. The predicted octanol–water partition coefficient (Wildman–Crippen LogP) is 4.50. The van der Waals surface area contributed by atoms with E-state index in [0.29, 0.717) is 32.9 Å². The van der Waals surface area contributed by atoms with Crippen LogP contribution in [0.3, 0.4) is 0 Å². The lowest BCUT2D eigenvalue weighted by atomic mass is 10.1. The zero-order chi connectivity index (χ0) is 15.6. The van der Waals surface area contributed by atoms with Crippen molar-refractivity contribution in [2.45, 2.75) is 6.54 Å². The molecule has 2 aromatic carbocycles. The molecule has 21 heavy (non-hydrogen) atoms. The Balaban J connectivity index is 2.19. The number of benzene rings is 2. The van der Waals surface area contributed by atoms with Gasteiger partial charge in [-0.05, 0) is 42.0 Å². The number of nitrogens with two attached hydrogens (primary N) is 1. The summed E-state index contributed by atoms with van der Waals surface area (Å²) in [4.78, 5) is 13.9. The molecule has 0 aliphatic carbocycles. The summed E-state index contributed by atoms with van der Waals surface area (Å²) in [5.41, 5.74) is 7.43. The average molecular weight is 344 g/mol. The van der Waals surface area contributed by atoms with E-state index in [9.17, 15) is 4.79 Å². The minimum atomic E-state index is -0.180. The van der Waals surface area contributed by atoms with Gasteiger partial charge in [-0.1, -0.05) is 34.8 Å². The van der Waals surface area contributed by atoms with Crippen molar-refractivity contribution in [3.63, 3.8) is 0 Å². The molecule has 0 saturated heterocycles. The standard InChI is InChI=1S/C15H13Cl3N2O/c1-20(8-9-2-11(16)6-12(17)3-9)15(21)10-4-13(18)7-14(19)5-10/h2-7H,8,19H2,1H3. The number of nitrogen functional groups attached to an aromatic ring is 1. The number of amides is 1.